The Balaban J connectivity index is 1.94. The Labute approximate surface area is 104 Å². The van der Waals surface area contributed by atoms with Crippen LogP contribution in [-0.4, -0.2) is 24.6 Å². The number of benzene rings is 1. The highest BCUT2D eigenvalue weighted by atomic mass is 32.1. The van der Waals surface area contributed by atoms with Gasteiger partial charge in [0.25, 0.3) is 0 Å². The molecule has 1 aliphatic heterocycles. The largest absolute Gasteiger partial charge is 0.399 e. The van der Waals surface area contributed by atoms with Gasteiger partial charge in [-0.3, -0.25) is 0 Å². The lowest BCUT2D eigenvalue weighted by atomic mass is 10.3. The molecule has 0 amide bonds. The molecule has 0 aliphatic carbocycles. The van der Waals surface area contributed by atoms with E-state index in [2.05, 4.69) is 27.5 Å². The molecule has 0 fully saturated rings. The quantitative estimate of drug-likeness (QED) is 0.793. The molecular formula is C12H14N4S. The second-order valence-electron chi connectivity index (χ2n) is 4.11. The lowest BCUT2D eigenvalue weighted by Gasteiger charge is -2.13. The van der Waals surface area contributed by atoms with Gasteiger partial charge < -0.3 is 16.0 Å². The van der Waals surface area contributed by atoms with Crippen molar-refractivity contribution in [2.24, 2.45) is 0 Å². The van der Waals surface area contributed by atoms with Crippen LogP contribution in [0.2, 0.25) is 0 Å². The van der Waals surface area contributed by atoms with Crippen LogP contribution in [0.1, 0.15) is 0 Å². The van der Waals surface area contributed by atoms with Crippen molar-refractivity contribution in [2.75, 3.05) is 24.2 Å². The smallest absolute Gasteiger partial charge is 0.190 e. The van der Waals surface area contributed by atoms with Crippen molar-refractivity contribution in [3.63, 3.8) is 0 Å². The molecule has 1 atom stereocenters. The molecule has 1 aliphatic rings. The zero-order chi connectivity index (χ0) is 11.8. The number of nitrogens with one attached hydrogen (secondary N) is 1. The number of hydrogen-bond donors (Lipinski definition) is 2. The number of thiazole rings is 1. The van der Waals surface area contributed by atoms with Crippen LogP contribution in [0, 0.1) is 0 Å². The van der Waals surface area contributed by atoms with E-state index >= 15 is 0 Å². The van der Waals surface area contributed by atoms with Gasteiger partial charge in [-0.15, -0.1) is 0 Å². The van der Waals surface area contributed by atoms with E-state index in [4.69, 9.17) is 5.73 Å². The second-order valence-corrected chi connectivity index (χ2v) is 5.12. The van der Waals surface area contributed by atoms with Gasteiger partial charge in [0.15, 0.2) is 5.13 Å². The molecule has 17 heavy (non-hydrogen) atoms. The fraction of sp³-hybridized carbons (Fsp3) is 0.250. The summed E-state index contributed by atoms with van der Waals surface area (Å²) in [4.78, 5) is 6.78. The molecule has 2 heterocycles. The third-order valence-electron chi connectivity index (χ3n) is 2.91. The summed E-state index contributed by atoms with van der Waals surface area (Å²) in [5.41, 5.74) is 7.58. The standard InChI is InChI=1S/C12H14N4S/c1-14-9-4-5-16(7-9)12-15-10-3-2-8(13)6-11(10)17-12/h2-6,9,14H,7,13H2,1H3/t9-/m0/s1. The predicted octanol–water partition coefficient (Wildman–Crippen LogP) is 1.80. The van der Waals surface area contributed by atoms with Gasteiger partial charge in [-0.2, -0.15) is 0 Å². The SMILES string of the molecule is CN[C@H]1C=CN(c2nc3ccc(N)cc3s2)C1. The molecule has 1 aromatic carbocycles. The lowest BCUT2D eigenvalue weighted by Crippen LogP contribution is -2.30. The number of anilines is 2. The van der Waals surface area contributed by atoms with Crippen molar-refractivity contribution < 1.29 is 0 Å². The highest BCUT2D eigenvalue weighted by molar-refractivity contribution is 7.22. The van der Waals surface area contributed by atoms with E-state index in [1.165, 1.54) is 0 Å². The number of fused-ring (bicyclic) bond motifs is 1. The Kier molecular flexibility index (Phi) is 2.49. The molecule has 2 aromatic rings. The molecule has 88 valence electrons. The van der Waals surface area contributed by atoms with E-state index in [9.17, 15) is 0 Å². The molecule has 0 saturated heterocycles. The maximum atomic E-state index is 5.77. The summed E-state index contributed by atoms with van der Waals surface area (Å²) in [6, 6.07) is 6.25. The predicted molar refractivity (Wildman–Crippen MR) is 73.4 cm³/mol. The molecule has 0 saturated carbocycles. The minimum Gasteiger partial charge on any atom is -0.399 e. The van der Waals surface area contributed by atoms with E-state index < -0.39 is 0 Å². The molecular weight excluding hydrogens is 232 g/mol. The summed E-state index contributed by atoms with van der Waals surface area (Å²) >= 11 is 1.68. The molecule has 5 heteroatoms. The number of nitrogen functional groups attached to an aromatic ring is 1. The second kappa shape index (κ2) is 4.01. The Morgan fingerprint density at radius 2 is 2.41 bits per heavy atom. The molecule has 0 spiro atoms. The van der Waals surface area contributed by atoms with Crippen LogP contribution >= 0.6 is 11.3 Å². The summed E-state index contributed by atoms with van der Waals surface area (Å²) in [6.45, 7) is 0.936. The van der Waals surface area contributed by atoms with Gasteiger partial charge in [0, 0.05) is 24.5 Å². The van der Waals surface area contributed by atoms with Crippen LogP contribution in [0.25, 0.3) is 10.2 Å². The fourth-order valence-electron chi connectivity index (χ4n) is 1.92. The average Bonchev–Trinajstić information content (AvgIpc) is 2.93. The summed E-state index contributed by atoms with van der Waals surface area (Å²) in [6.07, 6.45) is 4.24. The van der Waals surface area contributed by atoms with Gasteiger partial charge in [-0.1, -0.05) is 11.3 Å². The first-order valence-electron chi connectivity index (χ1n) is 5.54. The van der Waals surface area contributed by atoms with Crippen molar-refractivity contribution in [2.45, 2.75) is 6.04 Å². The normalized spacial score (nSPS) is 19.4. The van der Waals surface area contributed by atoms with Crippen LogP contribution in [-0.2, 0) is 0 Å². The van der Waals surface area contributed by atoms with Crippen molar-refractivity contribution in [3.8, 4) is 0 Å². The molecule has 0 bridgehead atoms. The number of nitrogens with two attached hydrogens (primary N) is 1. The fourth-order valence-corrected chi connectivity index (χ4v) is 2.93. The Morgan fingerprint density at radius 1 is 1.53 bits per heavy atom. The van der Waals surface area contributed by atoms with Crippen molar-refractivity contribution in [1.82, 2.24) is 10.3 Å². The molecule has 3 N–H and O–H groups in total. The van der Waals surface area contributed by atoms with E-state index in [0.29, 0.717) is 6.04 Å². The van der Waals surface area contributed by atoms with Crippen LogP contribution in [0.5, 0.6) is 0 Å². The first-order chi connectivity index (χ1) is 8.26. The molecule has 0 radical (unpaired) electrons. The lowest BCUT2D eigenvalue weighted by molar-refractivity contribution is 0.694. The highest BCUT2D eigenvalue weighted by Gasteiger charge is 2.18. The van der Waals surface area contributed by atoms with E-state index in [1.807, 2.05) is 25.2 Å². The Bertz CT molecular complexity index is 575. The summed E-state index contributed by atoms with van der Waals surface area (Å²) in [7, 11) is 1.97. The summed E-state index contributed by atoms with van der Waals surface area (Å²) < 4.78 is 1.14. The van der Waals surface area contributed by atoms with Crippen LogP contribution in [0.4, 0.5) is 10.8 Å². The number of nitrogens with zero attached hydrogens (tertiary/aromatic N) is 2. The van der Waals surface area contributed by atoms with Gasteiger partial charge in [-0.05, 0) is 31.3 Å². The third-order valence-corrected chi connectivity index (χ3v) is 3.96. The van der Waals surface area contributed by atoms with Crippen molar-refractivity contribution in [3.05, 3.63) is 30.5 Å². The molecule has 1 aromatic heterocycles. The van der Waals surface area contributed by atoms with Gasteiger partial charge in [0.05, 0.1) is 10.2 Å². The number of hydrogen-bond acceptors (Lipinski definition) is 5. The maximum Gasteiger partial charge on any atom is 0.190 e. The Morgan fingerprint density at radius 3 is 3.18 bits per heavy atom. The number of likely N-dealkylation sites (N-methyl/N-ethyl adjacent to an activating group) is 1. The van der Waals surface area contributed by atoms with E-state index in [0.717, 1.165) is 27.6 Å². The zero-order valence-electron chi connectivity index (χ0n) is 9.55. The van der Waals surface area contributed by atoms with E-state index in [-0.39, 0.29) is 0 Å². The molecule has 4 nitrogen and oxygen atoms in total. The van der Waals surface area contributed by atoms with E-state index in [1.54, 1.807) is 11.3 Å². The molecule has 3 rings (SSSR count). The van der Waals surface area contributed by atoms with Crippen molar-refractivity contribution >= 4 is 32.4 Å². The maximum absolute atomic E-state index is 5.77. The van der Waals surface area contributed by atoms with Gasteiger partial charge in [-0.25, -0.2) is 4.98 Å². The number of rotatable bonds is 2. The number of aromatic nitrogens is 1. The third kappa shape index (κ3) is 1.87. The van der Waals surface area contributed by atoms with Crippen LogP contribution in [0.3, 0.4) is 0 Å². The van der Waals surface area contributed by atoms with Gasteiger partial charge in [0.2, 0.25) is 0 Å². The first kappa shape index (κ1) is 10.6. The minimum atomic E-state index is 0.409. The monoisotopic (exact) mass is 246 g/mol. The summed E-state index contributed by atoms with van der Waals surface area (Å²) in [5.74, 6) is 0. The summed E-state index contributed by atoms with van der Waals surface area (Å²) in [5, 5.41) is 4.26. The van der Waals surface area contributed by atoms with Gasteiger partial charge >= 0.3 is 0 Å². The van der Waals surface area contributed by atoms with Crippen LogP contribution in [0.15, 0.2) is 30.5 Å². The Hall–Kier alpha value is -1.59. The minimum absolute atomic E-state index is 0.409. The first-order valence-corrected chi connectivity index (χ1v) is 6.36. The van der Waals surface area contributed by atoms with Crippen LogP contribution < -0.4 is 16.0 Å². The van der Waals surface area contributed by atoms with Crippen molar-refractivity contribution in [1.29, 1.82) is 0 Å². The topological polar surface area (TPSA) is 54.2 Å². The van der Waals surface area contributed by atoms with Gasteiger partial charge in [0.1, 0.15) is 0 Å². The average molecular weight is 246 g/mol. The molecule has 0 unspecified atom stereocenters. The highest BCUT2D eigenvalue weighted by Crippen LogP contribution is 2.31. The zero-order valence-corrected chi connectivity index (χ0v) is 10.4.